The van der Waals surface area contributed by atoms with E-state index in [2.05, 4.69) is 5.32 Å². The van der Waals surface area contributed by atoms with E-state index in [0.29, 0.717) is 6.42 Å². The molecular weight excluding hydrogens is 279 g/mol. The fraction of sp³-hybridized carbons (Fsp3) is 0.500. The van der Waals surface area contributed by atoms with Crippen molar-refractivity contribution >= 4 is 9.84 Å². The first kappa shape index (κ1) is 14.3. The van der Waals surface area contributed by atoms with Crippen LogP contribution in [0.2, 0.25) is 0 Å². The minimum absolute atomic E-state index is 0.0384. The van der Waals surface area contributed by atoms with Crippen LogP contribution in [-0.2, 0) is 9.84 Å². The number of benzene rings is 1. The van der Waals surface area contributed by atoms with Gasteiger partial charge in [0, 0.05) is 11.6 Å². The number of sulfone groups is 1. The quantitative estimate of drug-likeness (QED) is 0.864. The van der Waals surface area contributed by atoms with Gasteiger partial charge in [0.2, 0.25) is 0 Å². The molecule has 0 radical (unpaired) electrons. The van der Waals surface area contributed by atoms with Crippen LogP contribution in [0.25, 0.3) is 0 Å². The Morgan fingerprint density at radius 3 is 2.47 bits per heavy atom. The van der Waals surface area contributed by atoms with Crippen LogP contribution in [0, 0.1) is 23.4 Å². The van der Waals surface area contributed by atoms with Crippen LogP contribution in [0.1, 0.15) is 18.0 Å². The second-order valence-corrected chi connectivity index (χ2v) is 6.92. The van der Waals surface area contributed by atoms with E-state index in [0.717, 1.165) is 12.1 Å². The molecule has 0 spiro atoms. The lowest BCUT2D eigenvalue weighted by atomic mass is 9.92. The molecule has 19 heavy (non-hydrogen) atoms. The molecule has 0 saturated carbocycles. The van der Waals surface area contributed by atoms with Gasteiger partial charge in [-0.15, -0.1) is 0 Å². The Labute approximate surface area is 109 Å². The molecule has 3 nitrogen and oxygen atoms in total. The van der Waals surface area contributed by atoms with Gasteiger partial charge < -0.3 is 5.32 Å². The SMILES string of the molecule is CNC(c1ccc(F)c(F)c1F)C1CCS(=O)(=O)C1. The van der Waals surface area contributed by atoms with Crippen LogP contribution in [0.3, 0.4) is 0 Å². The Hall–Kier alpha value is -1.08. The van der Waals surface area contributed by atoms with Gasteiger partial charge in [-0.2, -0.15) is 0 Å². The minimum atomic E-state index is -3.12. The van der Waals surface area contributed by atoms with Gasteiger partial charge in [0.05, 0.1) is 11.5 Å². The molecule has 0 aromatic heterocycles. The van der Waals surface area contributed by atoms with Gasteiger partial charge in [-0.1, -0.05) is 6.07 Å². The summed E-state index contributed by atoms with van der Waals surface area (Å²) in [6.45, 7) is 0. The van der Waals surface area contributed by atoms with Crippen LogP contribution in [0.5, 0.6) is 0 Å². The van der Waals surface area contributed by atoms with Crippen molar-refractivity contribution in [1.29, 1.82) is 0 Å². The van der Waals surface area contributed by atoms with Crippen molar-refractivity contribution in [3.05, 3.63) is 35.1 Å². The molecule has 0 aliphatic carbocycles. The van der Waals surface area contributed by atoms with Crippen molar-refractivity contribution in [3.63, 3.8) is 0 Å². The van der Waals surface area contributed by atoms with Crippen LogP contribution in [0.15, 0.2) is 12.1 Å². The third kappa shape index (κ3) is 2.76. The zero-order valence-corrected chi connectivity index (χ0v) is 11.1. The van der Waals surface area contributed by atoms with Gasteiger partial charge in [0.1, 0.15) is 0 Å². The normalized spacial score (nSPS) is 23.5. The summed E-state index contributed by atoms with van der Waals surface area (Å²) < 4.78 is 62.8. The van der Waals surface area contributed by atoms with Crippen molar-refractivity contribution in [2.24, 2.45) is 5.92 Å². The molecule has 1 fully saturated rings. The van der Waals surface area contributed by atoms with Gasteiger partial charge in [0.15, 0.2) is 27.3 Å². The summed E-state index contributed by atoms with van der Waals surface area (Å²) in [7, 11) is -1.58. The van der Waals surface area contributed by atoms with Crippen LogP contribution >= 0.6 is 0 Å². The molecule has 7 heteroatoms. The van der Waals surface area contributed by atoms with E-state index in [1.165, 1.54) is 7.05 Å². The Balaban J connectivity index is 2.36. The Morgan fingerprint density at radius 2 is 1.95 bits per heavy atom. The first-order valence-electron chi connectivity index (χ1n) is 5.87. The summed E-state index contributed by atoms with van der Waals surface area (Å²) in [6, 6.07) is 1.36. The van der Waals surface area contributed by atoms with Crippen LogP contribution in [-0.4, -0.2) is 27.0 Å². The average Bonchev–Trinajstić information content (AvgIpc) is 2.70. The third-order valence-electron chi connectivity index (χ3n) is 3.45. The van der Waals surface area contributed by atoms with Crippen LogP contribution in [0.4, 0.5) is 13.2 Å². The molecule has 1 aliphatic heterocycles. The van der Waals surface area contributed by atoms with Crippen molar-refractivity contribution in [1.82, 2.24) is 5.32 Å². The fourth-order valence-electron chi connectivity index (χ4n) is 2.51. The second kappa shape index (κ2) is 5.13. The lowest BCUT2D eigenvalue weighted by molar-refractivity contribution is 0.382. The number of halogens is 3. The highest BCUT2D eigenvalue weighted by Gasteiger charge is 2.35. The number of nitrogens with one attached hydrogen (secondary N) is 1. The van der Waals surface area contributed by atoms with E-state index in [9.17, 15) is 21.6 Å². The molecule has 0 amide bonds. The van der Waals surface area contributed by atoms with Crippen molar-refractivity contribution < 1.29 is 21.6 Å². The summed E-state index contributed by atoms with van der Waals surface area (Å²) in [5.74, 6) is -4.41. The highest BCUT2D eigenvalue weighted by molar-refractivity contribution is 7.91. The lowest BCUT2D eigenvalue weighted by Gasteiger charge is -2.23. The molecule has 2 rings (SSSR count). The molecule has 106 valence electrons. The van der Waals surface area contributed by atoms with E-state index < -0.39 is 33.3 Å². The summed E-state index contributed by atoms with van der Waals surface area (Å²) in [4.78, 5) is 0. The van der Waals surface area contributed by atoms with Gasteiger partial charge in [-0.05, 0) is 25.5 Å². The van der Waals surface area contributed by atoms with Crippen molar-refractivity contribution in [2.75, 3.05) is 18.6 Å². The second-order valence-electron chi connectivity index (χ2n) is 4.69. The average molecular weight is 293 g/mol. The fourth-order valence-corrected chi connectivity index (χ4v) is 4.35. The molecule has 1 heterocycles. The van der Waals surface area contributed by atoms with Gasteiger partial charge >= 0.3 is 0 Å². The van der Waals surface area contributed by atoms with Gasteiger partial charge in [-0.25, -0.2) is 21.6 Å². The smallest absolute Gasteiger partial charge is 0.194 e. The number of hydrogen-bond acceptors (Lipinski definition) is 3. The van der Waals surface area contributed by atoms with Crippen molar-refractivity contribution in [2.45, 2.75) is 12.5 Å². The molecule has 0 bridgehead atoms. The predicted molar refractivity (Wildman–Crippen MR) is 64.9 cm³/mol. The standard InChI is InChI=1S/C12H14F3NO2S/c1-16-12(7-4-5-19(17,18)6-7)8-2-3-9(13)11(15)10(8)14/h2-3,7,12,16H,4-6H2,1H3. The molecule has 1 aromatic rings. The number of rotatable bonds is 3. The Bertz CT molecular complexity index is 589. The summed E-state index contributed by atoms with van der Waals surface area (Å²) in [5, 5.41) is 2.79. The summed E-state index contributed by atoms with van der Waals surface area (Å²) in [6.07, 6.45) is 0.381. The van der Waals surface area contributed by atoms with Gasteiger partial charge in [-0.3, -0.25) is 0 Å². The maximum atomic E-state index is 13.7. The van der Waals surface area contributed by atoms with Crippen molar-refractivity contribution in [3.8, 4) is 0 Å². The molecule has 1 N–H and O–H groups in total. The predicted octanol–water partition coefficient (Wildman–Crippen LogP) is 1.80. The molecule has 1 aromatic carbocycles. The highest BCUT2D eigenvalue weighted by Crippen LogP contribution is 2.33. The molecule has 1 aliphatic rings. The zero-order chi connectivity index (χ0) is 14.2. The first-order valence-corrected chi connectivity index (χ1v) is 7.69. The van der Waals surface area contributed by atoms with E-state index in [1.807, 2.05) is 0 Å². The number of hydrogen-bond donors (Lipinski definition) is 1. The largest absolute Gasteiger partial charge is 0.313 e. The molecule has 2 atom stereocenters. The summed E-state index contributed by atoms with van der Waals surface area (Å²) in [5.41, 5.74) is -0.0384. The van der Waals surface area contributed by atoms with E-state index in [1.54, 1.807) is 0 Å². The molecule has 1 saturated heterocycles. The highest BCUT2D eigenvalue weighted by atomic mass is 32.2. The maximum absolute atomic E-state index is 13.7. The summed E-state index contributed by atoms with van der Waals surface area (Å²) >= 11 is 0. The zero-order valence-electron chi connectivity index (χ0n) is 10.3. The first-order chi connectivity index (χ1) is 8.85. The third-order valence-corrected chi connectivity index (χ3v) is 5.24. The minimum Gasteiger partial charge on any atom is -0.313 e. The van der Waals surface area contributed by atoms with E-state index in [-0.39, 0.29) is 23.0 Å². The van der Waals surface area contributed by atoms with E-state index in [4.69, 9.17) is 0 Å². The van der Waals surface area contributed by atoms with E-state index >= 15 is 0 Å². The molecular formula is C12H14F3NO2S. The lowest BCUT2D eigenvalue weighted by Crippen LogP contribution is -2.27. The topological polar surface area (TPSA) is 46.2 Å². The Kier molecular flexibility index (Phi) is 3.87. The maximum Gasteiger partial charge on any atom is 0.194 e. The van der Waals surface area contributed by atoms with Gasteiger partial charge in [0.25, 0.3) is 0 Å². The monoisotopic (exact) mass is 293 g/mol. The Morgan fingerprint density at radius 1 is 1.26 bits per heavy atom. The molecule has 2 unspecified atom stereocenters. The van der Waals surface area contributed by atoms with Crippen LogP contribution < -0.4 is 5.32 Å².